The molecular weight excluding hydrogens is 430 g/mol. The summed E-state index contributed by atoms with van der Waals surface area (Å²) in [5.74, 6) is 1.43. The smallest absolute Gasteiger partial charge is 0.394 e. The van der Waals surface area contributed by atoms with Crippen LogP contribution in [0.1, 0.15) is 18.4 Å². The molecule has 5 aromatic rings. The normalized spacial score (nSPS) is 11.8. The minimum Gasteiger partial charge on any atom is -0.433 e. The topological polar surface area (TPSA) is 91.8 Å². The van der Waals surface area contributed by atoms with E-state index in [1.807, 2.05) is 43.3 Å². The van der Waals surface area contributed by atoms with Gasteiger partial charge in [0, 0.05) is 17.9 Å². The van der Waals surface area contributed by atoms with Crippen molar-refractivity contribution in [1.29, 1.82) is 0 Å². The van der Waals surface area contributed by atoms with Crippen molar-refractivity contribution in [2.75, 3.05) is 0 Å². The molecule has 3 heterocycles. The quantitative estimate of drug-likeness (QED) is 0.365. The number of rotatable bonds is 6. The molecule has 0 spiro atoms. The summed E-state index contributed by atoms with van der Waals surface area (Å²) in [5.41, 5.74) is 2.33. The maximum Gasteiger partial charge on any atom is 0.394 e. The van der Waals surface area contributed by atoms with E-state index >= 15 is 0 Å². The van der Waals surface area contributed by atoms with Crippen molar-refractivity contribution < 1.29 is 18.0 Å². The van der Waals surface area contributed by atoms with Crippen LogP contribution in [0.4, 0.5) is 8.78 Å². The van der Waals surface area contributed by atoms with Gasteiger partial charge in [-0.15, -0.1) is 5.10 Å². The van der Waals surface area contributed by atoms with Gasteiger partial charge in [0.05, 0.1) is 17.8 Å². The Balaban J connectivity index is 1.35. The Kier molecular flexibility index (Phi) is 5.04. The number of para-hydroxylation sites is 1. The molecular formula is C23H18F2N6O2. The fourth-order valence-electron chi connectivity index (χ4n) is 3.32. The van der Waals surface area contributed by atoms with Crippen molar-refractivity contribution in [2.24, 2.45) is 0 Å². The Morgan fingerprint density at radius 3 is 2.52 bits per heavy atom. The Hall–Kier alpha value is -4.21. The van der Waals surface area contributed by atoms with Gasteiger partial charge >= 0.3 is 6.11 Å². The average molecular weight is 448 g/mol. The second-order valence-electron chi connectivity index (χ2n) is 7.49. The van der Waals surface area contributed by atoms with Crippen LogP contribution in [0.5, 0.6) is 5.75 Å². The number of aromatic nitrogens is 6. The van der Waals surface area contributed by atoms with Crippen molar-refractivity contribution in [3.63, 3.8) is 0 Å². The molecule has 3 aromatic heterocycles. The highest BCUT2D eigenvalue weighted by molar-refractivity contribution is 5.78. The lowest BCUT2D eigenvalue weighted by molar-refractivity contribution is -0.158. The summed E-state index contributed by atoms with van der Waals surface area (Å²) in [4.78, 5) is 13.4. The molecule has 5 rings (SSSR count). The molecule has 10 heteroatoms. The number of fused-ring (bicyclic) bond motifs is 1. The molecule has 0 atom stereocenters. The van der Waals surface area contributed by atoms with E-state index in [-0.39, 0.29) is 23.3 Å². The van der Waals surface area contributed by atoms with Crippen LogP contribution in [0, 0.1) is 6.92 Å². The second kappa shape index (κ2) is 8.05. The Bertz CT molecular complexity index is 1420. The van der Waals surface area contributed by atoms with Crippen LogP contribution in [0.15, 0.2) is 65.2 Å². The first-order valence-electron chi connectivity index (χ1n) is 10.1. The van der Waals surface area contributed by atoms with Crippen molar-refractivity contribution in [3.05, 3.63) is 72.2 Å². The zero-order valence-corrected chi connectivity index (χ0v) is 17.7. The predicted molar refractivity (Wildman–Crippen MR) is 116 cm³/mol. The molecule has 0 aliphatic heterocycles. The van der Waals surface area contributed by atoms with Gasteiger partial charge < -0.3 is 9.26 Å². The van der Waals surface area contributed by atoms with Crippen molar-refractivity contribution >= 4 is 10.9 Å². The van der Waals surface area contributed by atoms with Crippen LogP contribution in [0.3, 0.4) is 0 Å². The van der Waals surface area contributed by atoms with E-state index in [0.717, 1.165) is 16.6 Å². The lowest BCUT2D eigenvalue weighted by Crippen LogP contribution is -2.18. The predicted octanol–water partition coefficient (Wildman–Crippen LogP) is 4.89. The number of alkyl halides is 2. The SMILES string of the molecule is Cc1nc(-c2nc(-c3ccc(OC(C)(F)F)cc3)no2)nn1Cc1ccc2ccccc2n1. The summed E-state index contributed by atoms with van der Waals surface area (Å²) < 4.78 is 37.5. The molecule has 0 N–H and O–H groups in total. The number of pyridine rings is 1. The maximum atomic E-state index is 13.0. The lowest BCUT2D eigenvalue weighted by Gasteiger charge is -2.12. The Morgan fingerprint density at radius 2 is 1.73 bits per heavy atom. The summed E-state index contributed by atoms with van der Waals surface area (Å²) in [5, 5.41) is 9.50. The largest absolute Gasteiger partial charge is 0.433 e. The van der Waals surface area contributed by atoms with Crippen LogP contribution < -0.4 is 4.74 Å². The Labute approximate surface area is 186 Å². The lowest BCUT2D eigenvalue weighted by atomic mass is 10.2. The van der Waals surface area contributed by atoms with E-state index in [2.05, 4.69) is 29.9 Å². The molecule has 0 saturated carbocycles. The molecule has 0 radical (unpaired) electrons. The number of benzene rings is 2. The van der Waals surface area contributed by atoms with Gasteiger partial charge in [0.2, 0.25) is 11.6 Å². The number of nitrogens with zero attached hydrogens (tertiary/aromatic N) is 6. The zero-order valence-electron chi connectivity index (χ0n) is 17.7. The van der Waals surface area contributed by atoms with Crippen LogP contribution in [-0.2, 0) is 6.54 Å². The maximum absolute atomic E-state index is 13.0. The first-order chi connectivity index (χ1) is 15.8. The van der Waals surface area contributed by atoms with Gasteiger partial charge in [-0.25, -0.2) is 9.67 Å². The van der Waals surface area contributed by atoms with E-state index in [4.69, 9.17) is 4.52 Å². The van der Waals surface area contributed by atoms with Crippen LogP contribution in [0.25, 0.3) is 34.0 Å². The minimum atomic E-state index is -3.26. The highest BCUT2D eigenvalue weighted by Gasteiger charge is 2.23. The van der Waals surface area contributed by atoms with Crippen molar-refractivity contribution in [2.45, 2.75) is 26.5 Å². The van der Waals surface area contributed by atoms with Gasteiger partial charge in [-0.05, 0) is 43.3 Å². The minimum absolute atomic E-state index is 0.0355. The second-order valence-corrected chi connectivity index (χ2v) is 7.49. The van der Waals surface area contributed by atoms with E-state index in [1.165, 1.54) is 12.1 Å². The van der Waals surface area contributed by atoms with Gasteiger partial charge in [-0.3, -0.25) is 4.98 Å². The zero-order chi connectivity index (χ0) is 23.0. The fourth-order valence-corrected chi connectivity index (χ4v) is 3.32. The molecule has 0 unspecified atom stereocenters. The molecule has 33 heavy (non-hydrogen) atoms. The molecule has 0 bridgehead atoms. The number of hydrogen-bond acceptors (Lipinski definition) is 7. The van der Waals surface area contributed by atoms with E-state index in [1.54, 1.807) is 16.8 Å². The number of ether oxygens (including phenoxy) is 1. The van der Waals surface area contributed by atoms with Gasteiger partial charge in [0.15, 0.2) is 0 Å². The van der Waals surface area contributed by atoms with E-state index in [9.17, 15) is 8.78 Å². The molecule has 8 nitrogen and oxygen atoms in total. The average Bonchev–Trinajstić information content (AvgIpc) is 3.40. The van der Waals surface area contributed by atoms with Gasteiger partial charge in [-0.1, -0.05) is 29.4 Å². The van der Waals surface area contributed by atoms with Crippen LogP contribution >= 0.6 is 0 Å². The summed E-state index contributed by atoms with van der Waals surface area (Å²) in [6, 6.07) is 17.8. The van der Waals surface area contributed by atoms with Crippen LogP contribution in [-0.4, -0.2) is 36.0 Å². The van der Waals surface area contributed by atoms with Gasteiger partial charge in [0.1, 0.15) is 11.6 Å². The molecule has 166 valence electrons. The molecule has 0 aliphatic carbocycles. The summed E-state index contributed by atoms with van der Waals surface area (Å²) in [7, 11) is 0. The molecule has 0 aliphatic rings. The van der Waals surface area contributed by atoms with E-state index < -0.39 is 6.11 Å². The Morgan fingerprint density at radius 1 is 0.939 bits per heavy atom. The van der Waals surface area contributed by atoms with Crippen LogP contribution in [0.2, 0.25) is 0 Å². The summed E-state index contributed by atoms with van der Waals surface area (Å²) in [6.07, 6.45) is -3.26. The summed E-state index contributed by atoms with van der Waals surface area (Å²) in [6.45, 7) is 2.95. The first kappa shape index (κ1) is 20.7. The third kappa shape index (κ3) is 4.54. The fraction of sp³-hybridized carbons (Fsp3) is 0.174. The standard InChI is InChI=1S/C23H18F2N6O2/c1-14-26-21(29-31(14)13-17-10-7-15-5-3-4-6-19(15)27-17)22-28-20(30-33-22)16-8-11-18(12-9-16)32-23(2,24)25/h3-12H,13H2,1-2H3. The molecule has 0 fully saturated rings. The van der Waals surface area contributed by atoms with Crippen molar-refractivity contribution in [1.82, 2.24) is 29.9 Å². The highest BCUT2D eigenvalue weighted by Crippen LogP contribution is 2.25. The number of aryl methyl sites for hydroxylation is 1. The van der Waals surface area contributed by atoms with E-state index in [0.29, 0.717) is 24.9 Å². The first-order valence-corrected chi connectivity index (χ1v) is 10.1. The highest BCUT2D eigenvalue weighted by atomic mass is 19.3. The molecule has 0 saturated heterocycles. The third-order valence-electron chi connectivity index (χ3n) is 4.85. The molecule has 2 aromatic carbocycles. The monoisotopic (exact) mass is 448 g/mol. The number of halogens is 2. The summed E-state index contributed by atoms with van der Waals surface area (Å²) >= 11 is 0. The van der Waals surface area contributed by atoms with Crippen molar-refractivity contribution in [3.8, 4) is 28.9 Å². The number of hydrogen-bond donors (Lipinski definition) is 0. The molecule has 0 amide bonds. The van der Waals surface area contributed by atoms with Gasteiger partial charge in [0.25, 0.3) is 5.89 Å². The van der Waals surface area contributed by atoms with Gasteiger partial charge in [-0.2, -0.15) is 13.8 Å². The third-order valence-corrected chi connectivity index (χ3v) is 4.85.